The molecule has 3 spiro atoms. The highest BCUT2D eigenvalue weighted by Gasteiger charge is 2.54. The standard InChI is InChI=1S/C24H30N2O.2C24H29NO.C21H26N2O.C21H25NO.5C2H6/c1-16-8-10-18-19-11-9-17(2)25-22(19)27-21(18)20(16)26-15-24(14-23(26,3)4)12-6-5-7-13-24;2*1-17-11-12-19-18-9-5-6-10-20(18)26-22(19)21(17)25-16-24(15-23(25,2)3)13-7-4-8-14-24;1-13-7-9-15-16-10-8-14(2)22-19(16)24-18(15)17(13)23-12-20(3,4)11-21(23,5)6;1-14-10-11-16-15-8-6-7-9-17(15)23-19(16)18(14)22-13-20(2,3)12-21(22,4)5;5*1-2/h8-11H,5-7,12-15H2,1-4H3;2*5-6,9-12H,4,7-8,13-16H2,1-3H3;7-10H,11-12H2,1-6H3;6-11H,12-13H2,1-5H3;5*1-2H3. The van der Waals surface area contributed by atoms with E-state index < -0.39 is 0 Å². The van der Waals surface area contributed by atoms with Crippen molar-refractivity contribution in [2.45, 2.75) is 371 Å². The van der Waals surface area contributed by atoms with Crippen molar-refractivity contribution in [2.24, 2.45) is 27.1 Å². The van der Waals surface area contributed by atoms with E-state index in [1.54, 1.807) is 0 Å². The van der Waals surface area contributed by atoms with Gasteiger partial charge in [-0.05, 0) is 286 Å². The molecular weight excluding hydrogens is 1670 g/mol. The average Bonchev–Trinajstić information content (AvgIpc) is 1.59. The SMILES string of the molecule is CC.CC.CC.CC.CC.Cc1ccc2c(n1)oc1c(N3CC(C)(C)CC3(C)C)c(C)ccc12.Cc1ccc2c(n1)oc1c(N3CC4(CCCCC4)CC3(C)C)c(C)ccc12.Cc1ccc2c(oc3ccccc32)c1N1CC(C)(C)CC1(C)C.Cc1ccc2c(oc3ccccc32)c1N1CC2(CCCCC2)CC1(C)C.Cc1ccc2c(oc3ccccc32)c1N1CC2(CCCCC2)CC1(C)C. The molecule has 136 heavy (non-hydrogen) atoms. The molecule has 23 rings (SSSR count). The van der Waals surface area contributed by atoms with Crippen LogP contribution in [-0.2, 0) is 0 Å². The van der Waals surface area contributed by atoms with Gasteiger partial charge in [0.15, 0.2) is 27.9 Å². The van der Waals surface area contributed by atoms with Gasteiger partial charge >= 0.3 is 0 Å². The van der Waals surface area contributed by atoms with Crippen LogP contribution in [0.3, 0.4) is 0 Å². The van der Waals surface area contributed by atoms with Crippen LogP contribution >= 0.6 is 0 Å². The Morgan fingerprint density at radius 2 is 0.434 bits per heavy atom. The zero-order valence-electron chi connectivity index (χ0n) is 89.9. The van der Waals surface area contributed by atoms with Crippen LogP contribution in [0.1, 0.15) is 334 Å². The molecule has 0 unspecified atom stereocenters. The van der Waals surface area contributed by atoms with Gasteiger partial charge in [-0.15, -0.1) is 0 Å². The van der Waals surface area contributed by atoms with Gasteiger partial charge in [0.25, 0.3) is 0 Å². The van der Waals surface area contributed by atoms with E-state index in [-0.39, 0.29) is 27.7 Å². The quantitative estimate of drug-likeness (QED) is 0.164. The van der Waals surface area contributed by atoms with Crippen molar-refractivity contribution in [1.29, 1.82) is 0 Å². The third kappa shape index (κ3) is 19.7. The zero-order chi connectivity index (χ0) is 98.4. The number of nitrogens with zero attached hydrogens (tertiary/aromatic N) is 7. The molecule has 0 radical (unpaired) electrons. The summed E-state index contributed by atoms with van der Waals surface area (Å²) in [6, 6.07) is 55.9. The van der Waals surface area contributed by atoms with Gasteiger partial charge in [-0.25, -0.2) is 9.97 Å². The fraction of sp³-hybridized carbons (Fsp3) is 0.532. The van der Waals surface area contributed by atoms with Crippen LogP contribution in [0, 0.1) is 75.5 Å². The molecule has 0 N–H and O–H groups in total. The highest BCUT2D eigenvalue weighted by molar-refractivity contribution is 6.13. The van der Waals surface area contributed by atoms with Crippen molar-refractivity contribution in [3.8, 4) is 0 Å². The summed E-state index contributed by atoms with van der Waals surface area (Å²) in [5.41, 5.74) is 27.5. The van der Waals surface area contributed by atoms with E-state index in [1.165, 1.54) is 241 Å². The topological polar surface area (TPSA) is 108 Å². The molecule has 0 bridgehead atoms. The molecule has 8 aliphatic rings. The van der Waals surface area contributed by atoms with E-state index in [2.05, 4.69) is 318 Å². The lowest BCUT2D eigenvalue weighted by molar-refractivity contribution is 0.204. The van der Waals surface area contributed by atoms with E-state index in [0.29, 0.717) is 27.1 Å². The first kappa shape index (κ1) is 102. The monoisotopic (exact) mass is 1840 g/mol. The molecule has 12 heteroatoms. The zero-order valence-corrected chi connectivity index (χ0v) is 89.9. The van der Waals surface area contributed by atoms with Gasteiger partial charge < -0.3 is 46.6 Å². The lowest BCUT2D eigenvalue weighted by Gasteiger charge is -2.35. The summed E-state index contributed by atoms with van der Waals surface area (Å²) >= 11 is 0. The Balaban J connectivity index is 0.000000133. The highest BCUT2D eigenvalue weighted by Crippen LogP contribution is 2.59. The molecule has 0 amide bonds. The number of anilines is 5. The number of fused-ring (bicyclic) bond motifs is 15. The Morgan fingerprint density at radius 3 is 0.676 bits per heavy atom. The number of hydrogen-bond donors (Lipinski definition) is 0. The van der Waals surface area contributed by atoms with Crippen LogP contribution in [0.4, 0.5) is 28.4 Å². The first-order valence-electron chi connectivity index (χ1n) is 53.0. The number of benzene rings is 8. The van der Waals surface area contributed by atoms with E-state index in [9.17, 15) is 0 Å². The normalized spacial score (nSPS) is 19.7. The Kier molecular flexibility index (Phi) is 30.1. The predicted molar refractivity (Wildman–Crippen MR) is 588 cm³/mol. The molecule has 0 atom stereocenters. The fourth-order valence-electron chi connectivity index (χ4n) is 26.7. The summed E-state index contributed by atoms with van der Waals surface area (Å²) < 4.78 is 31.7. The molecule has 5 saturated heterocycles. The van der Waals surface area contributed by atoms with Gasteiger partial charge in [0.1, 0.15) is 16.7 Å². The Bertz CT molecular complexity index is 6520. The summed E-state index contributed by atoms with van der Waals surface area (Å²) in [5.74, 6) is 0. The second-order valence-corrected chi connectivity index (χ2v) is 45.5. The minimum absolute atomic E-state index is 0.116. The molecule has 3 aliphatic carbocycles. The largest absolute Gasteiger partial charge is 0.454 e. The van der Waals surface area contributed by atoms with Gasteiger partial charge in [0.05, 0.1) is 28.4 Å². The lowest BCUT2D eigenvalue weighted by Crippen LogP contribution is -2.38. The molecule has 12 heterocycles. The van der Waals surface area contributed by atoms with Crippen molar-refractivity contribution in [1.82, 2.24) is 9.97 Å². The molecule has 3 saturated carbocycles. The maximum absolute atomic E-state index is 6.40. The molecule has 15 aromatic rings. The molecule has 12 nitrogen and oxygen atoms in total. The molecule has 8 fully saturated rings. The maximum Gasteiger partial charge on any atom is 0.227 e. The van der Waals surface area contributed by atoms with Crippen LogP contribution in [0.2, 0.25) is 0 Å². The number of furan rings is 5. The number of hydrogen-bond acceptors (Lipinski definition) is 12. The molecule has 5 aliphatic heterocycles. The van der Waals surface area contributed by atoms with Gasteiger partial charge in [-0.1, -0.05) is 270 Å². The van der Waals surface area contributed by atoms with Crippen LogP contribution in [-0.4, -0.2) is 70.4 Å². The minimum atomic E-state index is 0.116. The molecular formula is C124H169N7O5. The fourth-order valence-corrected chi connectivity index (χ4v) is 26.7. The van der Waals surface area contributed by atoms with Crippen LogP contribution in [0.15, 0.2) is 180 Å². The number of aryl methyl sites for hydroxylation is 7. The first-order chi connectivity index (χ1) is 64.8. The van der Waals surface area contributed by atoms with E-state index in [0.717, 1.165) is 97.9 Å². The smallest absolute Gasteiger partial charge is 0.227 e. The Labute approximate surface area is 817 Å². The summed E-state index contributed by atoms with van der Waals surface area (Å²) in [7, 11) is 0. The van der Waals surface area contributed by atoms with E-state index in [4.69, 9.17) is 22.1 Å². The summed E-state index contributed by atoms with van der Waals surface area (Å²) in [6.45, 7) is 74.1. The minimum Gasteiger partial charge on any atom is -0.454 e. The summed E-state index contributed by atoms with van der Waals surface area (Å²) in [5, 5.41) is 12.0. The maximum atomic E-state index is 6.40. The third-order valence-corrected chi connectivity index (χ3v) is 31.5. The van der Waals surface area contributed by atoms with Gasteiger partial charge in [-0.2, -0.15) is 0 Å². The van der Waals surface area contributed by atoms with Crippen molar-refractivity contribution < 1.29 is 22.1 Å². The predicted octanol–water partition coefficient (Wildman–Crippen LogP) is 36.9. The summed E-state index contributed by atoms with van der Waals surface area (Å²) in [6.07, 6.45) is 27.2. The second kappa shape index (κ2) is 40.1. The van der Waals surface area contributed by atoms with Gasteiger partial charge in [-0.3, -0.25) is 0 Å². The van der Waals surface area contributed by atoms with E-state index in [1.807, 2.05) is 89.2 Å². The summed E-state index contributed by atoms with van der Waals surface area (Å²) in [4.78, 5) is 22.4. The third-order valence-electron chi connectivity index (χ3n) is 31.5. The van der Waals surface area contributed by atoms with Crippen molar-refractivity contribution in [2.75, 3.05) is 57.2 Å². The average molecular weight is 1840 g/mol. The molecule has 7 aromatic heterocycles. The second-order valence-electron chi connectivity index (χ2n) is 45.5. The Hall–Kier alpha value is -9.94. The van der Waals surface area contributed by atoms with E-state index >= 15 is 0 Å². The first-order valence-corrected chi connectivity index (χ1v) is 53.0. The van der Waals surface area contributed by atoms with Crippen molar-refractivity contribution >= 4 is 138 Å². The van der Waals surface area contributed by atoms with Crippen LogP contribution in [0.5, 0.6) is 0 Å². The van der Waals surface area contributed by atoms with Crippen molar-refractivity contribution in [3.05, 3.63) is 197 Å². The lowest BCUT2D eigenvalue weighted by atomic mass is 9.71. The molecule has 730 valence electrons. The number of para-hydroxylation sites is 3. The van der Waals surface area contributed by atoms with Crippen LogP contribution < -0.4 is 24.5 Å². The number of aromatic nitrogens is 2. The highest BCUT2D eigenvalue weighted by atomic mass is 16.4. The van der Waals surface area contributed by atoms with Gasteiger partial charge in [0, 0.05) is 126 Å². The van der Waals surface area contributed by atoms with Crippen LogP contribution in [0.25, 0.3) is 110 Å². The molecule has 8 aromatic carbocycles. The Morgan fingerprint density at radius 1 is 0.221 bits per heavy atom. The number of pyridine rings is 2. The van der Waals surface area contributed by atoms with Gasteiger partial charge in [0.2, 0.25) is 11.4 Å². The number of rotatable bonds is 5. The van der Waals surface area contributed by atoms with Crippen molar-refractivity contribution in [3.63, 3.8) is 0 Å².